The molecule has 7 heteroatoms. The van der Waals surface area contributed by atoms with E-state index in [9.17, 15) is 13.2 Å². The maximum Gasteiger partial charge on any atom is 0.308 e. The van der Waals surface area contributed by atoms with E-state index in [1.807, 2.05) is 0 Å². The van der Waals surface area contributed by atoms with E-state index in [0.717, 1.165) is 6.42 Å². The lowest BCUT2D eigenvalue weighted by atomic mass is 9.89. The molecular weight excluding hydrogens is 256 g/mol. The first-order chi connectivity index (χ1) is 8.51. The van der Waals surface area contributed by atoms with Gasteiger partial charge < -0.3 is 10.1 Å². The zero-order valence-corrected chi connectivity index (χ0v) is 10.4. The number of rotatable bonds is 3. The zero-order valence-electron chi connectivity index (χ0n) is 9.61. The Morgan fingerprint density at radius 3 is 2.78 bits per heavy atom. The molecule has 3 rings (SSSR count). The number of aromatic nitrogens is 1. The van der Waals surface area contributed by atoms with Gasteiger partial charge in [-0.15, -0.1) is 0 Å². The second-order valence-corrected chi connectivity index (χ2v) is 6.70. The molecule has 2 fully saturated rings. The summed E-state index contributed by atoms with van der Waals surface area (Å²) in [5, 5.41) is 9.12. The molecule has 2 bridgehead atoms. The van der Waals surface area contributed by atoms with Gasteiger partial charge >= 0.3 is 5.97 Å². The van der Waals surface area contributed by atoms with Gasteiger partial charge in [-0.1, -0.05) is 0 Å². The molecule has 3 heterocycles. The fraction of sp³-hybridized carbons (Fsp3) is 0.545. The minimum atomic E-state index is -3.56. The number of H-pyrrole nitrogens is 1. The van der Waals surface area contributed by atoms with E-state index in [0.29, 0.717) is 12.8 Å². The van der Waals surface area contributed by atoms with Crippen molar-refractivity contribution in [1.82, 2.24) is 9.29 Å². The number of sulfonamides is 1. The van der Waals surface area contributed by atoms with Crippen LogP contribution in [-0.2, 0) is 14.8 Å². The Labute approximate surface area is 105 Å². The van der Waals surface area contributed by atoms with E-state index in [4.69, 9.17) is 5.11 Å². The standard InChI is InChI=1S/C11H14N2O4S/c14-11(15)9-5-7-1-2-10(9)13(7)18(16,17)8-3-4-12-6-8/h3-4,6-7,9-10,12H,1-2,5H2,(H,14,15). The molecule has 2 aliphatic heterocycles. The summed E-state index contributed by atoms with van der Waals surface area (Å²) in [5.41, 5.74) is 0. The van der Waals surface area contributed by atoms with Crippen molar-refractivity contribution in [2.45, 2.75) is 36.2 Å². The number of hydrogen-bond acceptors (Lipinski definition) is 3. The highest BCUT2D eigenvalue weighted by Gasteiger charge is 2.54. The number of fused-ring (bicyclic) bond motifs is 2. The average Bonchev–Trinajstić information content (AvgIpc) is 3.04. The first-order valence-electron chi connectivity index (χ1n) is 5.91. The number of nitrogens with zero attached hydrogens (tertiary/aromatic N) is 1. The Hall–Kier alpha value is -1.34. The van der Waals surface area contributed by atoms with Crippen LogP contribution in [0.4, 0.5) is 0 Å². The highest BCUT2D eigenvalue weighted by Crippen LogP contribution is 2.44. The van der Waals surface area contributed by atoms with Crippen LogP contribution in [0.2, 0.25) is 0 Å². The number of carbonyl (C=O) groups is 1. The molecular formula is C11H14N2O4S. The molecule has 0 radical (unpaired) electrons. The Balaban J connectivity index is 1.97. The maximum absolute atomic E-state index is 12.4. The van der Waals surface area contributed by atoms with Crippen molar-refractivity contribution in [3.63, 3.8) is 0 Å². The summed E-state index contributed by atoms with van der Waals surface area (Å²) >= 11 is 0. The summed E-state index contributed by atoms with van der Waals surface area (Å²) in [6, 6.07) is 0.964. The van der Waals surface area contributed by atoms with E-state index in [2.05, 4.69) is 4.98 Å². The first kappa shape index (κ1) is 11.7. The van der Waals surface area contributed by atoms with Crippen molar-refractivity contribution in [3.8, 4) is 0 Å². The molecule has 0 spiro atoms. The number of aromatic amines is 1. The van der Waals surface area contributed by atoms with Crippen LogP contribution in [0.1, 0.15) is 19.3 Å². The Bertz CT molecular complexity index is 566. The van der Waals surface area contributed by atoms with E-state index in [1.54, 1.807) is 6.20 Å². The normalized spacial score (nSPS) is 31.9. The second kappa shape index (κ2) is 3.83. The molecule has 0 aliphatic carbocycles. The van der Waals surface area contributed by atoms with Gasteiger partial charge in [-0.2, -0.15) is 4.31 Å². The third-order valence-electron chi connectivity index (χ3n) is 3.93. The van der Waals surface area contributed by atoms with Gasteiger partial charge in [0.25, 0.3) is 0 Å². The first-order valence-corrected chi connectivity index (χ1v) is 7.35. The maximum atomic E-state index is 12.4. The smallest absolute Gasteiger partial charge is 0.308 e. The third kappa shape index (κ3) is 1.50. The number of nitrogens with one attached hydrogen (secondary N) is 1. The highest BCUT2D eigenvalue weighted by atomic mass is 32.2. The van der Waals surface area contributed by atoms with Crippen molar-refractivity contribution < 1.29 is 18.3 Å². The Kier molecular flexibility index (Phi) is 2.49. The van der Waals surface area contributed by atoms with Gasteiger partial charge in [-0.05, 0) is 25.3 Å². The summed E-state index contributed by atoms with van der Waals surface area (Å²) in [6.45, 7) is 0. The third-order valence-corrected chi connectivity index (χ3v) is 5.91. The predicted molar refractivity (Wildman–Crippen MR) is 62.4 cm³/mol. The highest BCUT2D eigenvalue weighted by molar-refractivity contribution is 7.89. The molecule has 3 atom stereocenters. The fourth-order valence-electron chi connectivity index (χ4n) is 3.17. The fourth-order valence-corrected chi connectivity index (χ4v) is 5.06. The Morgan fingerprint density at radius 2 is 2.22 bits per heavy atom. The summed E-state index contributed by atoms with van der Waals surface area (Å²) in [7, 11) is -3.56. The van der Waals surface area contributed by atoms with Gasteiger partial charge in [-0.3, -0.25) is 4.79 Å². The van der Waals surface area contributed by atoms with Crippen molar-refractivity contribution in [1.29, 1.82) is 0 Å². The van der Waals surface area contributed by atoms with Gasteiger partial charge in [0.15, 0.2) is 0 Å². The summed E-state index contributed by atoms with van der Waals surface area (Å²) in [5.74, 6) is -1.45. The minimum Gasteiger partial charge on any atom is -0.481 e. The zero-order chi connectivity index (χ0) is 12.9. The monoisotopic (exact) mass is 270 g/mol. The van der Waals surface area contributed by atoms with Gasteiger partial charge in [0, 0.05) is 24.5 Å². The van der Waals surface area contributed by atoms with Crippen LogP contribution in [0.5, 0.6) is 0 Å². The van der Waals surface area contributed by atoms with Crippen molar-refractivity contribution in [2.24, 2.45) is 5.92 Å². The molecule has 2 saturated heterocycles. The van der Waals surface area contributed by atoms with Crippen LogP contribution in [0, 0.1) is 5.92 Å². The summed E-state index contributed by atoms with van der Waals surface area (Å²) in [4.78, 5) is 14.1. The van der Waals surface area contributed by atoms with Gasteiger partial charge in [0.1, 0.15) is 0 Å². The predicted octanol–water partition coefficient (Wildman–Crippen LogP) is 0.641. The number of carboxylic acids is 1. The topological polar surface area (TPSA) is 90.5 Å². The van der Waals surface area contributed by atoms with Gasteiger partial charge in [0.05, 0.1) is 10.8 Å². The largest absolute Gasteiger partial charge is 0.481 e. The SMILES string of the molecule is O=C(O)C1CC2CCC1N2S(=O)(=O)c1cc[nH]c1. The van der Waals surface area contributed by atoms with E-state index < -0.39 is 21.9 Å². The van der Waals surface area contributed by atoms with Crippen LogP contribution < -0.4 is 0 Å². The quantitative estimate of drug-likeness (QED) is 0.843. The lowest BCUT2D eigenvalue weighted by Gasteiger charge is -2.21. The van der Waals surface area contributed by atoms with Crippen LogP contribution in [0.25, 0.3) is 0 Å². The summed E-state index contributed by atoms with van der Waals surface area (Å²) in [6.07, 6.45) is 4.83. The molecule has 1 aromatic rings. The molecule has 0 aromatic carbocycles. The van der Waals surface area contributed by atoms with Crippen LogP contribution >= 0.6 is 0 Å². The molecule has 0 saturated carbocycles. The molecule has 3 unspecified atom stereocenters. The van der Waals surface area contributed by atoms with E-state index in [-0.39, 0.29) is 17.0 Å². The van der Waals surface area contributed by atoms with Crippen molar-refractivity contribution >= 4 is 16.0 Å². The molecule has 0 amide bonds. The molecule has 2 N–H and O–H groups in total. The van der Waals surface area contributed by atoms with Gasteiger partial charge in [-0.25, -0.2) is 8.42 Å². The molecule has 18 heavy (non-hydrogen) atoms. The Morgan fingerprint density at radius 1 is 1.44 bits per heavy atom. The molecule has 2 aliphatic rings. The summed E-state index contributed by atoms with van der Waals surface area (Å²) < 4.78 is 26.3. The number of aliphatic carboxylic acids is 1. The molecule has 98 valence electrons. The number of carboxylic acid groups (broad SMARTS) is 1. The van der Waals surface area contributed by atoms with Crippen molar-refractivity contribution in [3.05, 3.63) is 18.5 Å². The van der Waals surface area contributed by atoms with Gasteiger partial charge in [0.2, 0.25) is 10.0 Å². The van der Waals surface area contributed by atoms with Crippen LogP contribution in [0.15, 0.2) is 23.4 Å². The molecule has 6 nitrogen and oxygen atoms in total. The lowest BCUT2D eigenvalue weighted by Crippen LogP contribution is -2.37. The van der Waals surface area contributed by atoms with Crippen LogP contribution in [-0.4, -0.2) is 40.9 Å². The van der Waals surface area contributed by atoms with Crippen LogP contribution in [0.3, 0.4) is 0 Å². The minimum absolute atomic E-state index is 0.156. The average molecular weight is 270 g/mol. The lowest BCUT2D eigenvalue weighted by molar-refractivity contribution is -0.142. The number of hydrogen-bond donors (Lipinski definition) is 2. The van der Waals surface area contributed by atoms with Crippen molar-refractivity contribution in [2.75, 3.05) is 0 Å². The second-order valence-electron chi connectivity index (χ2n) is 4.86. The molecule has 1 aromatic heterocycles. The van der Waals surface area contributed by atoms with E-state index in [1.165, 1.54) is 16.6 Å². The van der Waals surface area contributed by atoms with E-state index >= 15 is 0 Å².